The van der Waals surface area contributed by atoms with E-state index in [0.717, 1.165) is 5.56 Å². The largest absolute Gasteiger partial charge is 0.398 e. The molecule has 5 nitrogen and oxygen atoms in total. The fourth-order valence-electron chi connectivity index (χ4n) is 2.19. The maximum absolute atomic E-state index is 12.5. The molecular weight excluding hydrogens is 274 g/mol. The SMILES string of the molecule is C#CCN1CCN(S(=O)(=O)c2ccc(C)c(N)c2)CC1. The number of nitrogens with zero attached hydrogens (tertiary/aromatic N) is 2. The Labute approximate surface area is 120 Å². The number of nitrogens with two attached hydrogens (primary N) is 1. The van der Waals surface area contributed by atoms with Gasteiger partial charge >= 0.3 is 0 Å². The molecule has 2 rings (SSSR count). The number of rotatable bonds is 3. The van der Waals surface area contributed by atoms with E-state index in [-0.39, 0.29) is 4.90 Å². The maximum atomic E-state index is 12.5. The highest BCUT2D eigenvalue weighted by Gasteiger charge is 2.28. The lowest BCUT2D eigenvalue weighted by atomic mass is 10.2. The van der Waals surface area contributed by atoms with Crippen molar-refractivity contribution in [2.24, 2.45) is 0 Å². The van der Waals surface area contributed by atoms with E-state index in [1.807, 2.05) is 6.92 Å². The number of hydrogen-bond donors (Lipinski definition) is 1. The van der Waals surface area contributed by atoms with Crippen LogP contribution in [0.5, 0.6) is 0 Å². The average Bonchev–Trinajstić information content (AvgIpc) is 2.43. The summed E-state index contributed by atoms with van der Waals surface area (Å²) in [4.78, 5) is 2.32. The minimum absolute atomic E-state index is 0.256. The van der Waals surface area contributed by atoms with Crippen LogP contribution in [0.2, 0.25) is 0 Å². The highest BCUT2D eigenvalue weighted by atomic mass is 32.2. The highest BCUT2D eigenvalue weighted by Crippen LogP contribution is 2.21. The van der Waals surface area contributed by atoms with Crippen molar-refractivity contribution in [1.29, 1.82) is 0 Å². The van der Waals surface area contributed by atoms with E-state index in [9.17, 15) is 8.42 Å². The van der Waals surface area contributed by atoms with Gasteiger partial charge in [0, 0.05) is 31.9 Å². The van der Waals surface area contributed by atoms with E-state index in [1.54, 1.807) is 12.1 Å². The zero-order chi connectivity index (χ0) is 14.8. The molecular formula is C14H19N3O2S. The van der Waals surface area contributed by atoms with Crippen molar-refractivity contribution in [3.63, 3.8) is 0 Å². The molecule has 0 unspecified atom stereocenters. The second-order valence-corrected chi connectivity index (χ2v) is 6.84. The number of piperazine rings is 1. The molecule has 0 aromatic heterocycles. The van der Waals surface area contributed by atoms with Crippen LogP contribution in [0.15, 0.2) is 23.1 Å². The van der Waals surface area contributed by atoms with Crippen LogP contribution in [-0.4, -0.2) is 50.3 Å². The van der Waals surface area contributed by atoms with Crippen molar-refractivity contribution >= 4 is 15.7 Å². The standard InChI is InChI=1S/C14H19N3O2S/c1-3-6-16-7-9-17(10-8-16)20(18,19)13-5-4-12(2)14(15)11-13/h1,4-5,11H,6-10,15H2,2H3. The van der Waals surface area contributed by atoms with E-state index < -0.39 is 10.0 Å². The van der Waals surface area contributed by atoms with Gasteiger partial charge in [0.15, 0.2) is 0 Å². The number of sulfonamides is 1. The second-order valence-electron chi connectivity index (χ2n) is 4.90. The molecule has 20 heavy (non-hydrogen) atoms. The van der Waals surface area contributed by atoms with E-state index >= 15 is 0 Å². The van der Waals surface area contributed by atoms with Gasteiger partial charge in [-0.1, -0.05) is 12.0 Å². The minimum Gasteiger partial charge on any atom is -0.398 e. The summed E-state index contributed by atoms with van der Waals surface area (Å²) in [6.07, 6.45) is 5.26. The predicted molar refractivity (Wildman–Crippen MR) is 79.6 cm³/mol. The Balaban J connectivity index is 2.16. The van der Waals surface area contributed by atoms with Gasteiger partial charge in [-0.15, -0.1) is 6.42 Å². The zero-order valence-electron chi connectivity index (χ0n) is 11.5. The molecule has 1 aromatic carbocycles. The van der Waals surface area contributed by atoms with Crippen LogP contribution in [0.4, 0.5) is 5.69 Å². The third-order valence-electron chi connectivity index (χ3n) is 3.53. The quantitative estimate of drug-likeness (QED) is 0.651. The molecule has 108 valence electrons. The van der Waals surface area contributed by atoms with E-state index in [1.165, 1.54) is 10.4 Å². The number of anilines is 1. The van der Waals surface area contributed by atoms with Crippen LogP contribution >= 0.6 is 0 Å². The smallest absolute Gasteiger partial charge is 0.243 e. The van der Waals surface area contributed by atoms with Crippen molar-refractivity contribution in [2.45, 2.75) is 11.8 Å². The summed E-state index contributed by atoms with van der Waals surface area (Å²) < 4.78 is 26.5. The normalized spacial score (nSPS) is 17.8. The fraction of sp³-hybridized carbons (Fsp3) is 0.429. The van der Waals surface area contributed by atoms with Gasteiger partial charge in [-0.2, -0.15) is 4.31 Å². The first-order valence-corrected chi connectivity index (χ1v) is 7.91. The number of aryl methyl sites for hydroxylation is 1. The molecule has 0 amide bonds. The lowest BCUT2D eigenvalue weighted by Gasteiger charge is -2.32. The van der Waals surface area contributed by atoms with Gasteiger partial charge in [0.05, 0.1) is 11.4 Å². The third-order valence-corrected chi connectivity index (χ3v) is 5.43. The van der Waals surface area contributed by atoms with Crippen molar-refractivity contribution in [3.05, 3.63) is 23.8 Å². The highest BCUT2D eigenvalue weighted by molar-refractivity contribution is 7.89. The number of nitrogen functional groups attached to an aromatic ring is 1. The maximum Gasteiger partial charge on any atom is 0.243 e. The van der Waals surface area contributed by atoms with Crippen LogP contribution < -0.4 is 5.73 Å². The molecule has 0 saturated carbocycles. The van der Waals surface area contributed by atoms with Gasteiger partial charge in [0.1, 0.15) is 0 Å². The number of terminal acetylenes is 1. The van der Waals surface area contributed by atoms with Crippen molar-refractivity contribution in [2.75, 3.05) is 38.5 Å². The Morgan fingerprint density at radius 1 is 1.30 bits per heavy atom. The summed E-state index contributed by atoms with van der Waals surface area (Å²) in [6.45, 7) is 4.64. The summed E-state index contributed by atoms with van der Waals surface area (Å²) in [5.41, 5.74) is 7.17. The lowest BCUT2D eigenvalue weighted by Crippen LogP contribution is -2.48. The zero-order valence-corrected chi connectivity index (χ0v) is 12.4. The van der Waals surface area contributed by atoms with Crippen LogP contribution in [-0.2, 0) is 10.0 Å². The summed E-state index contributed by atoms with van der Waals surface area (Å²) in [5, 5.41) is 0. The molecule has 0 spiro atoms. The molecule has 1 heterocycles. The van der Waals surface area contributed by atoms with Crippen LogP contribution in [0.3, 0.4) is 0 Å². The van der Waals surface area contributed by atoms with Gasteiger partial charge in [-0.3, -0.25) is 4.90 Å². The molecule has 1 fully saturated rings. The van der Waals surface area contributed by atoms with Crippen LogP contribution in [0.1, 0.15) is 5.56 Å². The Morgan fingerprint density at radius 2 is 1.95 bits per heavy atom. The summed E-state index contributed by atoms with van der Waals surface area (Å²) in [6, 6.07) is 4.87. The third kappa shape index (κ3) is 2.96. The fourth-order valence-corrected chi connectivity index (χ4v) is 3.64. The Morgan fingerprint density at radius 3 is 2.50 bits per heavy atom. The second kappa shape index (κ2) is 5.83. The summed E-state index contributed by atoms with van der Waals surface area (Å²) in [5.74, 6) is 2.58. The Bertz CT molecular complexity index is 626. The molecule has 1 saturated heterocycles. The minimum atomic E-state index is -3.46. The first kappa shape index (κ1) is 14.9. The van der Waals surface area contributed by atoms with Crippen LogP contribution in [0, 0.1) is 19.3 Å². The van der Waals surface area contributed by atoms with E-state index in [4.69, 9.17) is 12.2 Å². The van der Waals surface area contributed by atoms with Crippen molar-refractivity contribution in [3.8, 4) is 12.3 Å². The van der Waals surface area contributed by atoms with Gasteiger partial charge in [0.2, 0.25) is 10.0 Å². The molecule has 0 bridgehead atoms. The molecule has 0 atom stereocenters. The average molecular weight is 293 g/mol. The number of hydrogen-bond acceptors (Lipinski definition) is 4. The molecule has 2 N–H and O–H groups in total. The Hall–Kier alpha value is -1.55. The molecule has 0 aliphatic carbocycles. The number of benzene rings is 1. The van der Waals surface area contributed by atoms with Gasteiger partial charge in [-0.05, 0) is 24.6 Å². The van der Waals surface area contributed by atoms with Crippen molar-refractivity contribution < 1.29 is 8.42 Å². The summed E-state index contributed by atoms with van der Waals surface area (Å²) in [7, 11) is -3.46. The van der Waals surface area contributed by atoms with Gasteiger partial charge in [-0.25, -0.2) is 8.42 Å². The van der Waals surface area contributed by atoms with Crippen LogP contribution in [0.25, 0.3) is 0 Å². The van der Waals surface area contributed by atoms with Crippen molar-refractivity contribution in [1.82, 2.24) is 9.21 Å². The molecule has 1 aliphatic rings. The molecule has 6 heteroatoms. The van der Waals surface area contributed by atoms with Gasteiger partial charge in [0.25, 0.3) is 0 Å². The Kier molecular flexibility index (Phi) is 4.33. The molecule has 0 radical (unpaired) electrons. The summed E-state index contributed by atoms with van der Waals surface area (Å²) >= 11 is 0. The van der Waals surface area contributed by atoms with E-state index in [0.29, 0.717) is 38.4 Å². The van der Waals surface area contributed by atoms with E-state index in [2.05, 4.69) is 10.8 Å². The predicted octanol–water partition coefficient (Wildman–Crippen LogP) is 0.517. The first-order chi connectivity index (χ1) is 9.45. The molecule has 1 aliphatic heterocycles. The lowest BCUT2D eigenvalue weighted by molar-refractivity contribution is 0.207. The topological polar surface area (TPSA) is 66.6 Å². The first-order valence-electron chi connectivity index (χ1n) is 6.47. The monoisotopic (exact) mass is 293 g/mol. The molecule has 1 aromatic rings. The van der Waals surface area contributed by atoms with Gasteiger partial charge < -0.3 is 5.73 Å².